The zero-order chi connectivity index (χ0) is 10.3. The fraction of sp³-hybridized carbons (Fsp3) is 0.769. The van der Waals surface area contributed by atoms with E-state index in [1.165, 1.54) is 19.1 Å². The zero-order valence-corrected chi connectivity index (χ0v) is 9.42. The quantitative estimate of drug-likeness (QED) is 0.485. The Hall–Kier alpha value is -0.590. The highest BCUT2D eigenvalue weighted by Gasteiger charge is 2.40. The monoisotopic (exact) mass is 192 g/mol. The molecule has 1 fully saturated rings. The first-order chi connectivity index (χ1) is 6.63. The van der Waals surface area contributed by atoms with Crippen LogP contribution >= 0.6 is 0 Å². The minimum Gasteiger partial charge on any atom is -0.303 e. The van der Waals surface area contributed by atoms with Crippen molar-refractivity contribution in [2.75, 3.05) is 0 Å². The first-order valence-electron chi connectivity index (χ1n) is 5.76. The maximum absolute atomic E-state index is 11.0. The van der Waals surface area contributed by atoms with Crippen LogP contribution in [0.25, 0.3) is 0 Å². The van der Waals surface area contributed by atoms with E-state index in [2.05, 4.69) is 20.8 Å². The van der Waals surface area contributed by atoms with E-state index in [0.29, 0.717) is 11.8 Å². The standard InChI is InChI=1S/C13H20O/c1-8(2)12-6-10-5-11(7-14)13(12)4-9(10)3/h7-8,11-13H,4-6H2,1-3H3. The predicted molar refractivity (Wildman–Crippen MR) is 57.9 cm³/mol. The summed E-state index contributed by atoms with van der Waals surface area (Å²) in [6, 6.07) is 0. The largest absolute Gasteiger partial charge is 0.303 e. The topological polar surface area (TPSA) is 17.1 Å². The van der Waals surface area contributed by atoms with Crippen LogP contribution in [0, 0.1) is 23.7 Å². The molecule has 1 saturated carbocycles. The summed E-state index contributed by atoms with van der Waals surface area (Å²) >= 11 is 0. The van der Waals surface area contributed by atoms with Crippen LogP contribution < -0.4 is 0 Å². The van der Waals surface area contributed by atoms with Gasteiger partial charge in [0.25, 0.3) is 0 Å². The lowest BCUT2D eigenvalue weighted by molar-refractivity contribution is -0.114. The summed E-state index contributed by atoms with van der Waals surface area (Å²) in [5, 5.41) is 0. The minimum absolute atomic E-state index is 0.329. The molecule has 1 heteroatoms. The molecule has 3 unspecified atom stereocenters. The van der Waals surface area contributed by atoms with Crippen LogP contribution in [-0.2, 0) is 4.79 Å². The predicted octanol–water partition coefficient (Wildman–Crippen LogP) is 3.20. The van der Waals surface area contributed by atoms with Crippen LogP contribution in [0.3, 0.4) is 0 Å². The number of fused-ring (bicyclic) bond motifs is 3. The Kier molecular flexibility index (Phi) is 2.50. The second-order valence-corrected chi connectivity index (χ2v) is 5.37. The summed E-state index contributed by atoms with van der Waals surface area (Å²) in [6.07, 6.45) is 4.70. The van der Waals surface area contributed by atoms with Crippen molar-refractivity contribution < 1.29 is 4.79 Å². The van der Waals surface area contributed by atoms with Gasteiger partial charge in [0.2, 0.25) is 0 Å². The molecule has 78 valence electrons. The molecule has 3 atom stereocenters. The van der Waals surface area contributed by atoms with Gasteiger partial charge in [0.1, 0.15) is 6.29 Å². The van der Waals surface area contributed by atoms with Crippen LogP contribution in [0.5, 0.6) is 0 Å². The second-order valence-electron chi connectivity index (χ2n) is 5.37. The highest BCUT2D eigenvalue weighted by molar-refractivity contribution is 5.57. The van der Waals surface area contributed by atoms with Crippen molar-refractivity contribution >= 4 is 6.29 Å². The van der Waals surface area contributed by atoms with Crippen molar-refractivity contribution in [2.24, 2.45) is 23.7 Å². The molecule has 0 heterocycles. The third-order valence-electron chi connectivity index (χ3n) is 4.24. The average Bonchev–Trinajstić information content (AvgIpc) is 2.17. The molecule has 2 bridgehead atoms. The van der Waals surface area contributed by atoms with E-state index in [0.717, 1.165) is 18.3 Å². The van der Waals surface area contributed by atoms with Gasteiger partial charge in [-0.2, -0.15) is 0 Å². The van der Waals surface area contributed by atoms with Crippen molar-refractivity contribution in [2.45, 2.75) is 40.0 Å². The fourth-order valence-corrected chi connectivity index (χ4v) is 3.30. The Morgan fingerprint density at radius 1 is 1.29 bits per heavy atom. The first-order valence-corrected chi connectivity index (χ1v) is 5.76. The lowest BCUT2D eigenvalue weighted by Crippen LogP contribution is -2.37. The first kappa shape index (κ1) is 9.95. The van der Waals surface area contributed by atoms with Gasteiger partial charge < -0.3 is 4.79 Å². The smallest absolute Gasteiger partial charge is 0.123 e. The number of hydrogen-bond donors (Lipinski definition) is 0. The molecule has 0 amide bonds. The molecule has 0 aromatic rings. The molecule has 3 aliphatic carbocycles. The van der Waals surface area contributed by atoms with Crippen LogP contribution in [0.2, 0.25) is 0 Å². The van der Waals surface area contributed by atoms with E-state index in [1.807, 2.05) is 0 Å². The molecule has 0 aromatic heterocycles. The lowest BCUT2D eigenvalue weighted by atomic mass is 9.59. The van der Waals surface area contributed by atoms with Crippen molar-refractivity contribution in [1.29, 1.82) is 0 Å². The van der Waals surface area contributed by atoms with E-state index >= 15 is 0 Å². The molecule has 0 N–H and O–H groups in total. The molecule has 1 nitrogen and oxygen atoms in total. The molecule has 0 radical (unpaired) electrons. The number of hydrogen-bond acceptors (Lipinski definition) is 1. The molecule has 0 aromatic carbocycles. The molecular weight excluding hydrogens is 172 g/mol. The molecule has 0 aliphatic heterocycles. The Balaban J connectivity index is 2.26. The van der Waals surface area contributed by atoms with Crippen molar-refractivity contribution in [3.05, 3.63) is 11.1 Å². The number of carbonyl (C=O) groups is 1. The SMILES string of the molecule is CC1=C2CC(C=O)C(C1)C(C(C)C)C2. The Bertz CT molecular complexity index is 275. The van der Waals surface area contributed by atoms with Gasteiger partial charge in [0, 0.05) is 5.92 Å². The minimum atomic E-state index is 0.329. The number of rotatable bonds is 2. The molecule has 3 aliphatic rings. The average molecular weight is 192 g/mol. The van der Waals surface area contributed by atoms with Gasteiger partial charge in [-0.25, -0.2) is 0 Å². The third-order valence-corrected chi connectivity index (χ3v) is 4.24. The van der Waals surface area contributed by atoms with Gasteiger partial charge in [-0.05, 0) is 43.9 Å². The van der Waals surface area contributed by atoms with E-state index in [1.54, 1.807) is 11.1 Å². The molecule has 3 rings (SSSR count). The highest BCUT2D eigenvalue weighted by atomic mass is 16.1. The number of aldehydes is 1. The number of allylic oxidation sites excluding steroid dienone is 2. The number of carbonyl (C=O) groups excluding carboxylic acids is 1. The highest BCUT2D eigenvalue weighted by Crippen LogP contribution is 2.49. The van der Waals surface area contributed by atoms with E-state index < -0.39 is 0 Å². The van der Waals surface area contributed by atoms with E-state index in [9.17, 15) is 4.79 Å². The summed E-state index contributed by atoms with van der Waals surface area (Å²) in [7, 11) is 0. The Morgan fingerprint density at radius 3 is 2.50 bits per heavy atom. The molecule has 0 saturated heterocycles. The maximum Gasteiger partial charge on any atom is 0.123 e. The lowest BCUT2D eigenvalue weighted by Gasteiger charge is -2.45. The van der Waals surface area contributed by atoms with Gasteiger partial charge in [0.15, 0.2) is 0 Å². The van der Waals surface area contributed by atoms with Gasteiger partial charge in [0.05, 0.1) is 0 Å². The summed E-state index contributed by atoms with van der Waals surface area (Å²) in [5.41, 5.74) is 3.16. The second kappa shape index (κ2) is 3.52. The fourth-order valence-electron chi connectivity index (χ4n) is 3.30. The normalized spacial score (nSPS) is 36.7. The van der Waals surface area contributed by atoms with Gasteiger partial charge in [-0.15, -0.1) is 0 Å². The van der Waals surface area contributed by atoms with Gasteiger partial charge in [-0.1, -0.05) is 25.0 Å². The zero-order valence-electron chi connectivity index (χ0n) is 9.42. The summed E-state index contributed by atoms with van der Waals surface area (Å²) < 4.78 is 0. The van der Waals surface area contributed by atoms with Crippen molar-refractivity contribution in [1.82, 2.24) is 0 Å². The Morgan fingerprint density at radius 2 is 2.00 bits per heavy atom. The maximum atomic E-state index is 11.0. The van der Waals surface area contributed by atoms with Gasteiger partial charge in [-0.3, -0.25) is 0 Å². The Labute approximate surface area is 86.6 Å². The van der Waals surface area contributed by atoms with E-state index in [4.69, 9.17) is 0 Å². The summed E-state index contributed by atoms with van der Waals surface area (Å²) in [5.74, 6) is 2.46. The molecule has 0 spiro atoms. The van der Waals surface area contributed by atoms with E-state index in [-0.39, 0.29) is 0 Å². The van der Waals surface area contributed by atoms with Crippen LogP contribution in [0.15, 0.2) is 11.1 Å². The summed E-state index contributed by atoms with van der Waals surface area (Å²) in [4.78, 5) is 11.0. The van der Waals surface area contributed by atoms with Gasteiger partial charge >= 0.3 is 0 Å². The van der Waals surface area contributed by atoms with Crippen molar-refractivity contribution in [3.8, 4) is 0 Å². The van der Waals surface area contributed by atoms with Crippen LogP contribution in [0.1, 0.15) is 40.0 Å². The summed E-state index contributed by atoms with van der Waals surface area (Å²) in [6.45, 7) is 6.84. The van der Waals surface area contributed by atoms with Crippen molar-refractivity contribution in [3.63, 3.8) is 0 Å². The van der Waals surface area contributed by atoms with Crippen LogP contribution in [-0.4, -0.2) is 6.29 Å². The molecular formula is C13H20O. The van der Waals surface area contributed by atoms with Crippen LogP contribution in [0.4, 0.5) is 0 Å². The molecule has 14 heavy (non-hydrogen) atoms. The third kappa shape index (κ3) is 1.43.